The Hall–Kier alpha value is -2.54. The SMILES string of the molecule is CCCOc1ccc(C(=O)Nc2sc(C)c(C)c2C(=O)OCC)cc1N. The van der Waals surface area contributed by atoms with Gasteiger partial charge in [0.1, 0.15) is 10.8 Å². The Morgan fingerprint density at radius 2 is 1.96 bits per heavy atom. The molecule has 0 atom stereocenters. The third-order valence-corrected chi connectivity index (χ3v) is 4.95. The van der Waals surface area contributed by atoms with Gasteiger partial charge >= 0.3 is 5.97 Å². The molecule has 0 bridgehead atoms. The van der Waals surface area contributed by atoms with Crippen molar-refractivity contribution in [1.82, 2.24) is 0 Å². The van der Waals surface area contributed by atoms with E-state index in [-0.39, 0.29) is 12.5 Å². The normalized spacial score (nSPS) is 10.5. The Morgan fingerprint density at radius 3 is 2.58 bits per heavy atom. The number of hydrogen-bond donors (Lipinski definition) is 2. The standard InChI is InChI=1S/C19H24N2O4S/c1-5-9-25-15-8-7-13(10-14(15)20)17(22)21-18-16(19(23)24-6-2)11(3)12(4)26-18/h7-8,10H,5-6,9,20H2,1-4H3,(H,21,22). The molecule has 0 aliphatic rings. The number of carbonyl (C=O) groups is 2. The van der Waals surface area contributed by atoms with E-state index in [1.54, 1.807) is 25.1 Å². The molecule has 2 rings (SSSR count). The molecule has 1 aromatic heterocycles. The molecule has 1 heterocycles. The van der Waals surface area contributed by atoms with Gasteiger partial charge in [-0.2, -0.15) is 0 Å². The Labute approximate surface area is 157 Å². The lowest BCUT2D eigenvalue weighted by Crippen LogP contribution is -2.15. The number of rotatable bonds is 7. The number of aryl methyl sites for hydroxylation is 1. The van der Waals surface area contributed by atoms with E-state index in [0.29, 0.717) is 34.2 Å². The minimum Gasteiger partial charge on any atom is -0.491 e. The summed E-state index contributed by atoms with van der Waals surface area (Å²) in [5.74, 6) is -0.226. The highest BCUT2D eigenvalue weighted by molar-refractivity contribution is 7.16. The number of nitrogens with one attached hydrogen (secondary N) is 1. The molecule has 0 aliphatic heterocycles. The van der Waals surface area contributed by atoms with Gasteiger partial charge in [-0.05, 0) is 51.0 Å². The van der Waals surface area contributed by atoms with Gasteiger partial charge in [0.05, 0.1) is 24.5 Å². The highest BCUT2D eigenvalue weighted by atomic mass is 32.1. The monoisotopic (exact) mass is 376 g/mol. The van der Waals surface area contributed by atoms with E-state index in [0.717, 1.165) is 16.9 Å². The van der Waals surface area contributed by atoms with Crippen molar-refractivity contribution in [3.8, 4) is 5.75 Å². The van der Waals surface area contributed by atoms with Crippen LogP contribution in [0, 0.1) is 13.8 Å². The number of ether oxygens (including phenoxy) is 2. The second-order valence-electron chi connectivity index (χ2n) is 5.76. The lowest BCUT2D eigenvalue weighted by atomic mass is 10.1. The lowest BCUT2D eigenvalue weighted by Gasteiger charge is -2.10. The fraction of sp³-hybridized carbons (Fsp3) is 0.368. The Kier molecular flexibility index (Phi) is 6.63. The van der Waals surface area contributed by atoms with E-state index in [1.807, 2.05) is 20.8 Å². The highest BCUT2D eigenvalue weighted by Crippen LogP contribution is 2.33. The van der Waals surface area contributed by atoms with Gasteiger partial charge in [0.15, 0.2) is 0 Å². The summed E-state index contributed by atoms with van der Waals surface area (Å²) < 4.78 is 10.6. The van der Waals surface area contributed by atoms with Crippen molar-refractivity contribution in [3.63, 3.8) is 0 Å². The predicted molar refractivity (Wildman–Crippen MR) is 104 cm³/mol. The van der Waals surface area contributed by atoms with Crippen LogP contribution in [0.2, 0.25) is 0 Å². The molecule has 7 heteroatoms. The van der Waals surface area contributed by atoms with Crippen LogP contribution in [-0.2, 0) is 4.74 Å². The molecular formula is C19H24N2O4S. The van der Waals surface area contributed by atoms with Gasteiger partial charge in [0.2, 0.25) is 0 Å². The summed E-state index contributed by atoms with van der Waals surface area (Å²) >= 11 is 1.35. The zero-order valence-electron chi connectivity index (χ0n) is 15.5. The van der Waals surface area contributed by atoms with Crippen LogP contribution >= 0.6 is 11.3 Å². The molecular weight excluding hydrogens is 352 g/mol. The molecule has 0 fully saturated rings. The zero-order valence-corrected chi connectivity index (χ0v) is 16.3. The third-order valence-electron chi connectivity index (χ3n) is 3.83. The number of anilines is 2. The zero-order chi connectivity index (χ0) is 19.3. The number of thiophene rings is 1. The molecule has 1 amide bonds. The highest BCUT2D eigenvalue weighted by Gasteiger charge is 2.22. The number of benzene rings is 1. The average molecular weight is 376 g/mol. The Morgan fingerprint density at radius 1 is 1.23 bits per heavy atom. The first kappa shape index (κ1) is 19.8. The molecule has 0 saturated carbocycles. The van der Waals surface area contributed by atoms with Gasteiger partial charge in [-0.3, -0.25) is 4.79 Å². The maximum Gasteiger partial charge on any atom is 0.341 e. The van der Waals surface area contributed by atoms with Crippen molar-refractivity contribution in [2.24, 2.45) is 0 Å². The smallest absolute Gasteiger partial charge is 0.341 e. The summed E-state index contributed by atoms with van der Waals surface area (Å²) in [7, 11) is 0. The molecule has 1 aromatic carbocycles. The van der Waals surface area contributed by atoms with Crippen LogP contribution in [0.3, 0.4) is 0 Å². The number of amides is 1. The van der Waals surface area contributed by atoms with Gasteiger partial charge in [-0.1, -0.05) is 6.92 Å². The van der Waals surface area contributed by atoms with Gasteiger partial charge in [0, 0.05) is 10.4 Å². The number of esters is 1. The Balaban J connectivity index is 2.24. The van der Waals surface area contributed by atoms with Gasteiger partial charge < -0.3 is 20.5 Å². The molecule has 26 heavy (non-hydrogen) atoms. The van der Waals surface area contributed by atoms with Crippen LogP contribution in [0.4, 0.5) is 10.7 Å². The van der Waals surface area contributed by atoms with Crippen molar-refractivity contribution in [2.75, 3.05) is 24.3 Å². The fourth-order valence-corrected chi connectivity index (χ4v) is 3.42. The summed E-state index contributed by atoms with van der Waals surface area (Å²) in [5, 5.41) is 3.28. The third kappa shape index (κ3) is 4.35. The molecule has 3 N–H and O–H groups in total. The maximum absolute atomic E-state index is 12.6. The number of hydrogen-bond acceptors (Lipinski definition) is 6. The molecule has 0 radical (unpaired) electrons. The second-order valence-corrected chi connectivity index (χ2v) is 6.99. The minimum absolute atomic E-state index is 0.274. The van der Waals surface area contributed by atoms with E-state index in [2.05, 4.69) is 5.32 Å². The molecule has 6 nitrogen and oxygen atoms in total. The van der Waals surface area contributed by atoms with Crippen molar-refractivity contribution >= 4 is 33.9 Å². The topological polar surface area (TPSA) is 90.6 Å². The predicted octanol–water partition coefficient (Wildman–Crippen LogP) is 4.16. The van der Waals surface area contributed by atoms with Crippen LogP contribution in [0.1, 0.15) is 51.4 Å². The first-order valence-electron chi connectivity index (χ1n) is 8.49. The number of nitrogens with two attached hydrogens (primary N) is 1. The van der Waals surface area contributed by atoms with Gasteiger partial charge in [0.25, 0.3) is 5.91 Å². The first-order valence-corrected chi connectivity index (χ1v) is 9.31. The molecule has 0 saturated heterocycles. The largest absolute Gasteiger partial charge is 0.491 e. The van der Waals surface area contributed by atoms with Crippen molar-refractivity contribution in [2.45, 2.75) is 34.1 Å². The number of nitrogen functional groups attached to an aromatic ring is 1. The molecule has 0 spiro atoms. The van der Waals surface area contributed by atoms with E-state index in [1.165, 1.54) is 11.3 Å². The molecule has 2 aromatic rings. The number of carbonyl (C=O) groups excluding carboxylic acids is 2. The summed E-state index contributed by atoms with van der Waals surface area (Å²) in [6, 6.07) is 4.89. The summed E-state index contributed by atoms with van der Waals surface area (Å²) in [6.07, 6.45) is 0.870. The van der Waals surface area contributed by atoms with Gasteiger partial charge in [-0.25, -0.2) is 4.79 Å². The average Bonchev–Trinajstić information content (AvgIpc) is 2.87. The van der Waals surface area contributed by atoms with E-state index in [4.69, 9.17) is 15.2 Å². The van der Waals surface area contributed by atoms with E-state index in [9.17, 15) is 9.59 Å². The second kappa shape index (κ2) is 8.71. The van der Waals surface area contributed by atoms with Crippen LogP contribution in [0.5, 0.6) is 5.75 Å². The quantitative estimate of drug-likeness (QED) is 0.559. The maximum atomic E-state index is 12.6. The minimum atomic E-state index is -0.438. The van der Waals surface area contributed by atoms with E-state index < -0.39 is 5.97 Å². The summed E-state index contributed by atoms with van der Waals surface area (Å²) in [5.41, 5.74) is 7.97. The first-order chi connectivity index (χ1) is 12.4. The van der Waals surface area contributed by atoms with Crippen molar-refractivity contribution in [3.05, 3.63) is 39.8 Å². The van der Waals surface area contributed by atoms with Crippen molar-refractivity contribution in [1.29, 1.82) is 0 Å². The summed E-state index contributed by atoms with van der Waals surface area (Å²) in [6.45, 7) is 8.32. The van der Waals surface area contributed by atoms with Crippen LogP contribution in [-0.4, -0.2) is 25.1 Å². The lowest BCUT2D eigenvalue weighted by molar-refractivity contribution is 0.0527. The van der Waals surface area contributed by atoms with Crippen LogP contribution in [0.25, 0.3) is 0 Å². The van der Waals surface area contributed by atoms with Crippen LogP contribution in [0.15, 0.2) is 18.2 Å². The van der Waals surface area contributed by atoms with Crippen LogP contribution < -0.4 is 15.8 Å². The molecule has 0 aliphatic carbocycles. The van der Waals surface area contributed by atoms with Gasteiger partial charge in [-0.15, -0.1) is 11.3 Å². The Bertz CT molecular complexity index is 814. The fourth-order valence-electron chi connectivity index (χ4n) is 2.37. The van der Waals surface area contributed by atoms with Crippen molar-refractivity contribution < 1.29 is 19.1 Å². The molecule has 140 valence electrons. The molecule has 0 unspecified atom stereocenters. The van der Waals surface area contributed by atoms with E-state index >= 15 is 0 Å². The summed E-state index contributed by atoms with van der Waals surface area (Å²) in [4.78, 5) is 25.8.